The fraction of sp³-hybridized carbons (Fsp3) is 0.800. The van der Waals surface area contributed by atoms with Gasteiger partial charge in [0.2, 0.25) is 0 Å². The Morgan fingerprint density at radius 2 is 1.70 bits per heavy atom. The zero-order valence-corrected chi connectivity index (χ0v) is 21.7. The van der Waals surface area contributed by atoms with E-state index in [2.05, 4.69) is 0 Å². The van der Waals surface area contributed by atoms with E-state index < -0.39 is 85.1 Å². The smallest absolute Gasteiger partial charge is 0.187 e. The van der Waals surface area contributed by atoms with Gasteiger partial charge in [0.05, 0.1) is 18.8 Å². The summed E-state index contributed by atoms with van der Waals surface area (Å²) in [7, 11) is 0. The summed E-state index contributed by atoms with van der Waals surface area (Å²) in [6.07, 6.45) is -10.4. The molecular weight excluding hydrogens is 492 g/mol. The van der Waals surface area contributed by atoms with Crippen molar-refractivity contribution in [3.63, 3.8) is 0 Å². The van der Waals surface area contributed by atoms with Crippen molar-refractivity contribution >= 4 is 5.78 Å². The Hall–Kier alpha value is -1.29. The molecule has 0 aromatic carbocycles. The standard InChI is InChI=1S/C25H40O12/c1-11-8-14(27)9-24(4,5)25(11,33)7-6-12(2)34-23-21(19(31)17(29)15(10-26)36-23)37-22-20(32)18(30)16(28)13(3)35-22/h6-8,12-13,15-23,26,28-33H,9-10H2,1-5H3/b7-6+/t12-,13+,15+,16+,17+,18+,19+,20+,21+,22-,23+,25?/m0/s1. The molecule has 2 fully saturated rings. The molecule has 2 saturated heterocycles. The second kappa shape index (κ2) is 11.4. The van der Waals surface area contributed by atoms with Gasteiger partial charge in [-0.3, -0.25) is 4.79 Å². The molecule has 1 unspecified atom stereocenters. The minimum absolute atomic E-state index is 0.0814. The topological polar surface area (TPSA) is 196 Å². The summed E-state index contributed by atoms with van der Waals surface area (Å²) >= 11 is 0. The lowest BCUT2D eigenvalue weighted by molar-refractivity contribution is -0.367. The molecule has 2 heterocycles. The summed E-state index contributed by atoms with van der Waals surface area (Å²) in [5.74, 6) is -0.0814. The van der Waals surface area contributed by atoms with Gasteiger partial charge in [0.1, 0.15) is 48.3 Å². The Bertz CT molecular complexity index is 874. The maximum absolute atomic E-state index is 12.0. The molecule has 0 spiro atoms. The first-order chi connectivity index (χ1) is 17.1. The summed E-state index contributed by atoms with van der Waals surface area (Å²) in [4.78, 5) is 12.0. The zero-order valence-electron chi connectivity index (χ0n) is 21.7. The second-order valence-corrected chi connectivity index (χ2v) is 10.8. The van der Waals surface area contributed by atoms with Crippen LogP contribution in [0.25, 0.3) is 0 Å². The largest absolute Gasteiger partial charge is 0.394 e. The Balaban J connectivity index is 1.80. The van der Waals surface area contributed by atoms with E-state index in [1.165, 1.54) is 19.1 Å². The highest BCUT2D eigenvalue weighted by molar-refractivity contribution is 5.92. The molecule has 2 aliphatic heterocycles. The van der Waals surface area contributed by atoms with E-state index >= 15 is 0 Å². The van der Waals surface area contributed by atoms with Gasteiger partial charge in [-0.05, 0) is 38.5 Å². The fourth-order valence-corrected chi connectivity index (χ4v) is 4.99. The number of hydrogen-bond acceptors (Lipinski definition) is 12. The summed E-state index contributed by atoms with van der Waals surface area (Å²) in [6, 6.07) is 0. The number of allylic oxidation sites excluding steroid dienone is 1. The van der Waals surface area contributed by atoms with Crippen molar-refractivity contribution in [3.05, 3.63) is 23.8 Å². The van der Waals surface area contributed by atoms with Crippen LogP contribution >= 0.6 is 0 Å². The molecule has 0 aromatic heterocycles. The van der Waals surface area contributed by atoms with Crippen molar-refractivity contribution in [2.24, 2.45) is 5.41 Å². The van der Waals surface area contributed by atoms with Crippen molar-refractivity contribution in [2.75, 3.05) is 6.61 Å². The predicted octanol–water partition coefficient (Wildman–Crippen LogP) is -1.72. The number of aliphatic hydroxyl groups is 7. The number of hydrogen-bond donors (Lipinski definition) is 7. The molecule has 0 amide bonds. The molecule has 212 valence electrons. The monoisotopic (exact) mass is 532 g/mol. The zero-order chi connectivity index (χ0) is 27.9. The van der Waals surface area contributed by atoms with Crippen LogP contribution in [0.1, 0.15) is 41.0 Å². The van der Waals surface area contributed by atoms with Crippen molar-refractivity contribution in [3.8, 4) is 0 Å². The third kappa shape index (κ3) is 5.99. The maximum atomic E-state index is 12.0. The van der Waals surface area contributed by atoms with Gasteiger partial charge in [-0.15, -0.1) is 0 Å². The highest BCUT2D eigenvalue weighted by Crippen LogP contribution is 2.44. The summed E-state index contributed by atoms with van der Waals surface area (Å²) in [6.45, 7) is 7.66. The minimum Gasteiger partial charge on any atom is -0.394 e. The first-order valence-electron chi connectivity index (χ1n) is 12.4. The molecule has 1 aliphatic carbocycles. The average Bonchev–Trinajstić information content (AvgIpc) is 2.82. The van der Waals surface area contributed by atoms with E-state index in [1.807, 2.05) is 0 Å². The van der Waals surface area contributed by atoms with Crippen molar-refractivity contribution in [1.82, 2.24) is 0 Å². The van der Waals surface area contributed by atoms with Gasteiger partial charge in [0.25, 0.3) is 0 Å². The van der Waals surface area contributed by atoms with Gasteiger partial charge in [0.15, 0.2) is 18.4 Å². The third-order valence-corrected chi connectivity index (χ3v) is 7.51. The van der Waals surface area contributed by atoms with Crippen molar-refractivity contribution < 1.29 is 59.5 Å². The lowest BCUT2D eigenvalue weighted by Crippen LogP contribution is -2.64. The quantitative estimate of drug-likeness (QED) is 0.183. The maximum Gasteiger partial charge on any atom is 0.187 e. The summed E-state index contributed by atoms with van der Waals surface area (Å²) in [5, 5.41) is 72.4. The minimum atomic E-state index is -1.68. The van der Waals surface area contributed by atoms with Crippen LogP contribution < -0.4 is 0 Å². The Morgan fingerprint density at radius 1 is 1.05 bits per heavy atom. The van der Waals surface area contributed by atoms with Crippen LogP contribution in [0.15, 0.2) is 23.8 Å². The highest BCUT2D eigenvalue weighted by atomic mass is 16.8. The Labute approximate surface area is 215 Å². The van der Waals surface area contributed by atoms with Gasteiger partial charge < -0.3 is 54.7 Å². The number of ketones is 1. The number of aliphatic hydroxyl groups excluding tert-OH is 6. The van der Waals surface area contributed by atoms with Gasteiger partial charge >= 0.3 is 0 Å². The number of rotatable bonds is 7. The molecule has 12 nitrogen and oxygen atoms in total. The number of ether oxygens (including phenoxy) is 4. The molecule has 12 heteroatoms. The molecule has 0 aromatic rings. The first-order valence-corrected chi connectivity index (χ1v) is 12.4. The molecule has 3 aliphatic rings. The van der Waals surface area contributed by atoms with Crippen LogP contribution in [0.5, 0.6) is 0 Å². The molecule has 0 saturated carbocycles. The normalized spacial score (nSPS) is 45.6. The van der Waals surface area contributed by atoms with Crippen LogP contribution in [0, 0.1) is 5.41 Å². The summed E-state index contributed by atoms with van der Waals surface area (Å²) < 4.78 is 22.7. The highest BCUT2D eigenvalue weighted by Gasteiger charge is 2.51. The van der Waals surface area contributed by atoms with E-state index in [9.17, 15) is 40.5 Å². The molecular formula is C25H40O12. The van der Waals surface area contributed by atoms with Crippen molar-refractivity contribution in [1.29, 1.82) is 0 Å². The predicted molar refractivity (Wildman–Crippen MR) is 127 cm³/mol. The van der Waals surface area contributed by atoms with E-state index in [0.29, 0.717) is 5.57 Å². The molecule has 0 bridgehead atoms. The van der Waals surface area contributed by atoms with Gasteiger partial charge in [-0.1, -0.05) is 19.9 Å². The number of carbonyl (C=O) groups is 1. The van der Waals surface area contributed by atoms with Crippen LogP contribution in [-0.4, -0.2) is 121 Å². The van der Waals surface area contributed by atoms with E-state index in [-0.39, 0.29) is 12.2 Å². The van der Waals surface area contributed by atoms with Gasteiger partial charge in [-0.2, -0.15) is 0 Å². The second-order valence-electron chi connectivity index (χ2n) is 10.8. The SMILES string of the molecule is CC1=CC(=O)CC(C)(C)C1(O)/C=C/[C@H](C)O[C@@H]1O[C@H](CO)[C@@H](O)[C@@H](O)[C@H]1O[C@@H]1O[C@H](C)[C@@H](O)[C@@H](O)[C@H]1O. The van der Waals surface area contributed by atoms with Crippen LogP contribution in [0.3, 0.4) is 0 Å². The van der Waals surface area contributed by atoms with E-state index in [4.69, 9.17) is 18.9 Å². The molecule has 3 rings (SSSR count). The first kappa shape index (κ1) is 30.3. The van der Waals surface area contributed by atoms with Crippen LogP contribution in [-0.2, 0) is 23.7 Å². The van der Waals surface area contributed by atoms with Gasteiger partial charge in [0, 0.05) is 11.8 Å². The van der Waals surface area contributed by atoms with E-state index in [0.717, 1.165) is 0 Å². The molecule has 37 heavy (non-hydrogen) atoms. The van der Waals surface area contributed by atoms with Gasteiger partial charge in [-0.25, -0.2) is 0 Å². The molecule has 12 atom stereocenters. The lowest BCUT2D eigenvalue weighted by atomic mass is 9.64. The van der Waals surface area contributed by atoms with Crippen LogP contribution in [0.4, 0.5) is 0 Å². The third-order valence-electron chi connectivity index (χ3n) is 7.51. The lowest BCUT2D eigenvalue weighted by Gasteiger charge is -2.46. The van der Waals surface area contributed by atoms with Crippen molar-refractivity contribution in [2.45, 2.75) is 114 Å². The van der Waals surface area contributed by atoms with E-state index in [1.54, 1.807) is 33.8 Å². The van der Waals surface area contributed by atoms with Crippen LogP contribution in [0.2, 0.25) is 0 Å². The fourth-order valence-electron chi connectivity index (χ4n) is 4.99. The average molecular weight is 533 g/mol. The molecule has 7 N–H and O–H groups in total. The Morgan fingerprint density at radius 3 is 2.30 bits per heavy atom. The number of carbonyl (C=O) groups excluding carboxylic acids is 1. The Kier molecular flexibility index (Phi) is 9.36. The molecule has 0 radical (unpaired) electrons. The summed E-state index contributed by atoms with van der Waals surface area (Å²) in [5.41, 5.74) is -1.74.